The number of nitrogens with one attached hydrogen (secondary N) is 2. The minimum Gasteiger partial charge on any atom is -0.482 e. The van der Waals surface area contributed by atoms with E-state index in [1.807, 2.05) is 0 Å². The van der Waals surface area contributed by atoms with Crippen LogP contribution in [0, 0.1) is 5.82 Å². The molecule has 2 N–H and O–H groups in total. The van der Waals surface area contributed by atoms with Gasteiger partial charge in [0.05, 0.1) is 10.0 Å². The van der Waals surface area contributed by atoms with Crippen LogP contribution in [-0.4, -0.2) is 17.6 Å². The molecule has 4 nitrogen and oxygen atoms in total. The Balaban J connectivity index is 1.85. The van der Waals surface area contributed by atoms with E-state index in [4.69, 9.17) is 51.8 Å². The Hall–Kier alpha value is -1.60. The molecule has 0 aromatic heterocycles. The zero-order valence-electron chi connectivity index (χ0n) is 11.9. The smallest absolute Gasteiger partial charge is 0.264 e. The molecule has 1 amide bonds. The van der Waals surface area contributed by atoms with Crippen LogP contribution in [0.1, 0.15) is 0 Å². The maximum atomic E-state index is 13.1. The van der Waals surface area contributed by atoms with Gasteiger partial charge in [0.25, 0.3) is 5.91 Å². The van der Waals surface area contributed by atoms with Crippen molar-refractivity contribution in [3.63, 3.8) is 0 Å². The van der Waals surface area contributed by atoms with Crippen LogP contribution in [0.2, 0.25) is 15.1 Å². The van der Waals surface area contributed by atoms with Crippen LogP contribution >= 0.6 is 47.0 Å². The molecule has 0 atom stereocenters. The number of hydrogen-bond acceptors (Lipinski definition) is 3. The average molecular weight is 408 g/mol. The van der Waals surface area contributed by atoms with Crippen LogP contribution in [0.25, 0.3) is 0 Å². The van der Waals surface area contributed by atoms with Gasteiger partial charge in [0.1, 0.15) is 11.6 Å². The second kappa shape index (κ2) is 8.48. The van der Waals surface area contributed by atoms with Crippen molar-refractivity contribution >= 4 is 63.7 Å². The molecule has 0 fully saturated rings. The highest BCUT2D eigenvalue weighted by Gasteiger charge is 2.09. The lowest BCUT2D eigenvalue weighted by Gasteiger charge is -2.11. The topological polar surface area (TPSA) is 50.4 Å². The van der Waals surface area contributed by atoms with Crippen molar-refractivity contribution in [2.45, 2.75) is 0 Å². The Morgan fingerprint density at radius 3 is 2.54 bits per heavy atom. The van der Waals surface area contributed by atoms with Gasteiger partial charge in [-0.2, -0.15) is 0 Å². The Morgan fingerprint density at radius 2 is 1.88 bits per heavy atom. The summed E-state index contributed by atoms with van der Waals surface area (Å²) in [6.45, 7) is -0.298. The quantitative estimate of drug-likeness (QED) is 0.723. The maximum Gasteiger partial charge on any atom is 0.264 e. The van der Waals surface area contributed by atoms with Gasteiger partial charge >= 0.3 is 0 Å². The summed E-state index contributed by atoms with van der Waals surface area (Å²) in [5.74, 6) is -0.724. The molecule has 126 valence electrons. The molecule has 0 saturated carbocycles. The number of amides is 1. The first-order valence-electron chi connectivity index (χ1n) is 6.49. The number of ether oxygens (including phenoxy) is 1. The fourth-order valence-electron chi connectivity index (χ4n) is 1.63. The summed E-state index contributed by atoms with van der Waals surface area (Å²) in [5, 5.41) is 5.83. The van der Waals surface area contributed by atoms with Gasteiger partial charge in [-0.1, -0.05) is 34.8 Å². The summed E-state index contributed by atoms with van der Waals surface area (Å²) in [6, 6.07) is 8.60. The van der Waals surface area contributed by atoms with Gasteiger partial charge < -0.3 is 10.1 Å². The lowest BCUT2D eigenvalue weighted by atomic mass is 10.3. The monoisotopic (exact) mass is 406 g/mol. The Bertz CT molecular complexity index is 789. The summed E-state index contributed by atoms with van der Waals surface area (Å²) in [6.07, 6.45) is 0. The van der Waals surface area contributed by atoms with Crippen molar-refractivity contribution < 1.29 is 13.9 Å². The van der Waals surface area contributed by atoms with E-state index in [-0.39, 0.29) is 21.8 Å². The summed E-state index contributed by atoms with van der Waals surface area (Å²) >= 11 is 22.3. The van der Waals surface area contributed by atoms with Crippen molar-refractivity contribution in [2.75, 3.05) is 11.9 Å². The van der Waals surface area contributed by atoms with Crippen LogP contribution in [0.3, 0.4) is 0 Å². The van der Waals surface area contributed by atoms with E-state index < -0.39 is 11.7 Å². The van der Waals surface area contributed by atoms with E-state index in [1.54, 1.807) is 12.1 Å². The number of hydrogen-bond donors (Lipinski definition) is 2. The van der Waals surface area contributed by atoms with Crippen LogP contribution in [0.5, 0.6) is 5.75 Å². The van der Waals surface area contributed by atoms with Gasteiger partial charge in [-0.05, 0) is 48.6 Å². The third-order valence-electron chi connectivity index (χ3n) is 2.68. The van der Waals surface area contributed by atoms with E-state index in [2.05, 4.69) is 10.6 Å². The standard InChI is InChI=1S/C15H10Cl3FN2O2S/c16-8-1-4-13(11(18)5-8)23-7-14(22)21-15(24)20-9-2-3-12(19)10(17)6-9/h1-6H,7H2,(H2,20,21,22,24). The SMILES string of the molecule is O=C(COc1ccc(Cl)cc1Cl)NC(=S)Nc1ccc(F)c(Cl)c1. The average Bonchev–Trinajstić information content (AvgIpc) is 2.50. The van der Waals surface area contributed by atoms with Gasteiger partial charge in [-0.15, -0.1) is 0 Å². The van der Waals surface area contributed by atoms with E-state index in [0.29, 0.717) is 16.5 Å². The number of carbonyl (C=O) groups is 1. The molecule has 0 aliphatic heterocycles. The fraction of sp³-hybridized carbons (Fsp3) is 0.0667. The van der Waals surface area contributed by atoms with Gasteiger partial charge in [0.15, 0.2) is 11.7 Å². The van der Waals surface area contributed by atoms with E-state index >= 15 is 0 Å². The molecule has 2 aromatic rings. The zero-order valence-corrected chi connectivity index (χ0v) is 15.0. The molecule has 0 saturated heterocycles. The predicted molar refractivity (Wildman–Crippen MR) is 97.7 cm³/mol. The van der Waals surface area contributed by atoms with E-state index in [0.717, 1.165) is 0 Å². The zero-order chi connectivity index (χ0) is 17.7. The minimum absolute atomic E-state index is 0.0217. The lowest BCUT2D eigenvalue weighted by Crippen LogP contribution is -2.37. The first-order valence-corrected chi connectivity index (χ1v) is 8.03. The first-order chi connectivity index (χ1) is 11.3. The second-order valence-electron chi connectivity index (χ2n) is 4.49. The maximum absolute atomic E-state index is 13.1. The fourth-order valence-corrected chi connectivity index (χ4v) is 2.51. The molecule has 0 unspecified atom stereocenters. The number of anilines is 1. The summed E-state index contributed by atoms with van der Waals surface area (Å²) in [7, 11) is 0. The number of thiocarbonyl (C=S) groups is 1. The van der Waals surface area contributed by atoms with Crippen LogP contribution in [-0.2, 0) is 4.79 Å². The number of halogens is 4. The van der Waals surface area contributed by atoms with Gasteiger partial charge in [0.2, 0.25) is 0 Å². The Morgan fingerprint density at radius 1 is 1.12 bits per heavy atom. The highest BCUT2D eigenvalue weighted by Crippen LogP contribution is 2.27. The molecular weight excluding hydrogens is 398 g/mol. The van der Waals surface area contributed by atoms with Crippen molar-refractivity contribution in [3.8, 4) is 5.75 Å². The van der Waals surface area contributed by atoms with Crippen molar-refractivity contribution in [2.24, 2.45) is 0 Å². The number of rotatable bonds is 4. The Labute approximate surface area is 157 Å². The van der Waals surface area contributed by atoms with Gasteiger partial charge in [0, 0.05) is 10.7 Å². The van der Waals surface area contributed by atoms with Crippen LogP contribution in [0.4, 0.5) is 10.1 Å². The molecule has 2 aromatic carbocycles. The van der Waals surface area contributed by atoms with E-state index in [1.165, 1.54) is 24.3 Å². The predicted octanol–water partition coefficient (Wildman–Crippen LogP) is 4.68. The molecule has 0 spiro atoms. The molecule has 0 aliphatic rings. The molecule has 2 rings (SSSR count). The first kappa shape index (κ1) is 18.7. The van der Waals surface area contributed by atoms with Crippen molar-refractivity contribution in [1.82, 2.24) is 5.32 Å². The second-order valence-corrected chi connectivity index (χ2v) is 6.15. The Kier molecular flexibility index (Phi) is 6.62. The van der Waals surface area contributed by atoms with Crippen molar-refractivity contribution in [3.05, 3.63) is 57.3 Å². The summed E-state index contributed by atoms with van der Waals surface area (Å²) in [4.78, 5) is 11.8. The molecule has 9 heteroatoms. The molecule has 0 aliphatic carbocycles. The minimum atomic E-state index is -0.551. The van der Waals surface area contributed by atoms with Gasteiger partial charge in [-0.25, -0.2) is 4.39 Å². The van der Waals surface area contributed by atoms with Gasteiger partial charge in [-0.3, -0.25) is 10.1 Å². The largest absolute Gasteiger partial charge is 0.482 e. The summed E-state index contributed by atoms with van der Waals surface area (Å²) in [5.41, 5.74) is 0.438. The van der Waals surface area contributed by atoms with Crippen molar-refractivity contribution in [1.29, 1.82) is 0 Å². The summed E-state index contributed by atoms with van der Waals surface area (Å²) < 4.78 is 18.3. The van der Waals surface area contributed by atoms with E-state index in [9.17, 15) is 9.18 Å². The normalized spacial score (nSPS) is 10.2. The highest BCUT2D eigenvalue weighted by atomic mass is 35.5. The molecule has 0 bridgehead atoms. The molecular formula is C15H10Cl3FN2O2S. The highest BCUT2D eigenvalue weighted by molar-refractivity contribution is 7.80. The third-order valence-corrected chi connectivity index (χ3v) is 3.71. The third kappa shape index (κ3) is 5.49. The molecule has 24 heavy (non-hydrogen) atoms. The van der Waals surface area contributed by atoms with Crippen LogP contribution < -0.4 is 15.4 Å². The van der Waals surface area contributed by atoms with Crippen LogP contribution in [0.15, 0.2) is 36.4 Å². The molecule has 0 heterocycles. The number of carbonyl (C=O) groups excluding carboxylic acids is 1. The lowest BCUT2D eigenvalue weighted by molar-refractivity contribution is -0.121. The molecule has 0 radical (unpaired) electrons. The number of benzene rings is 2.